The normalized spacial score (nSPS) is 13.1. The van der Waals surface area contributed by atoms with Crippen LogP contribution >= 0.6 is 0 Å². The third kappa shape index (κ3) is 2.46. The Kier molecular flexibility index (Phi) is 3.91. The molecule has 1 atom stereocenters. The van der Waals surface area contributed by atoms with Gasteiger partial charge in [0.05, 0.1) is 12.3 Å². The van der Waals surface area contributed by atoms with E-state index in [1.165, 1.54) is 0 Å². The average molecular weight is 199 g/mol. The molecule has 1 unspecified atom stereocenters. The third-order valence-electron chi connectivity index (χ3n) is 2.20. The molecule has 1 heterocycles. The second-order valence-corrected chi connectivity index (χ2v) is 3.26. The molecule has 0 amide bonds. The van der Waals surface area contributed by atoms with Crippen molar-refractivity contribution in [2.75, 3.05) is 19.5 Å². The van der Waals surface area contributed by atoms with Crippen LogP contribution in [0.2, 0.25) is 0 Å². The minimum atomic E-state index is -0.543. The van der Waals surface area contributed by atoms with Crippen molar-refractivity contribution >= 4 is 5.82 Å². The van der Waals surface area contributed by atoms with E-state index >= 15 is 0 Å². The fourth-order valence-corrected chi connectivity index (χ4v) is 1.30. The molecule has 3 N–H and O–H groups in total. The smallest absolute Gasteiger partial charge is 0.127 e. The van der Waals surface area contributed by atoms with Gasteiger partial charge in [0.2, 0.25) is 0 Å². The van der Waals surface area contributed by atoms with Crippen molar-refractivity contribution < 1.29 is 9.84 Å². The van der Waals surface area contributed by atoms with Crippen LogP contribution < -0.4 is 5.73 Å². The number of hydrogen-bond acceptors (Lipinski definition) is 4. The molecule has 0 aromatic carbocycles. The van der Waals surface area contributed by atoms with Crippen molar-refractivity contribution in [3.63, 3.8) is 0 Å². The number of nitrogen functional groups attached to an aromatic ring is 1. The van der Waals surface area contributed by atoms with E-state index in [2.05, 4.69) is 5.10 Å². The zero-order chi connectivity index (χ0) is 10.6. The van der Waals surface area contributed by atoms with E-state index in [9.17, 15) is 5.11 Å². The highest BCUT2D eigenvalue weighted by molar-refractivity contribution is 5.39. The maximum atomic E-state index is 9.75. The lowest BCUT2D eigenvalue weighted by Crippen LogP contribution is -2.04. The Labute approximate surface area is 83.5 Å². The van der Waals surface area contributed by atoms with Gasteiger partial charge < -0.3 is 15.6 Å². The molecule has 0 spiro atoms. The van der Waals surface area contributed by atoms with Crippen molar-refractivity contribution in [1.82, 2.24) is 9.78 Å². The molecule has 0 aliphatic heterocycles. The molecular weight excluding hydrogens is 182 g/mol. The first-order chi connectivity index (χ1) is 6.66. The first-order valence-electron chi connectivity index (χ1n) is 4.61. The van der Waals surface area contributed by atoms with Gasteiger partial charge in [0.15, 0.2) is 0 Å². The molecule has 5 nitrogen and oxygen atoms in total. The van der Waals surface area contributed by atoms with Crippen LogP contribution in [0.5, 0.6) is 0 Å². The fraction of sp³-hybridized carbons (Fsp3) is 0.667. The molecule has 0 bridgehead atoms. The largest absolute Gasteiger partial charge is 0.388 e. The van der Waals surface area contributed by atoms with Crippen LogP contribution in [0.25, 0.3) is 0 Å². The van der Waals surface area contributed by atoms with Gasteiger partial charge in [-0.3, -0.25) is 4.68 Å². The number of aromatic nitrogens is 2. The first kappa shape index (κ1) is 11.0. The Balaban J connectivity index is 2.52. The van der Waals surface area contributed by atoms with Crippen LogP contribution in [0, 0.1) is 0 Å². The quantitative estimate of drug-likeness (QED) is 0.676. The van der Waals surface area contributed by atoms with E-state index in [0.717, 1.165) is 6.42 Å². The summed E-state index contributed by atoms with van der Waals surface area (Å²) in [5, 5.41) is 13.7. The third-order valence-corrected chi connectivity index (χ3v) is 2.20. The number of aliphatic hydroxyl groups is 1. The van der Waals surface area contributed by atoms with Crippen molar-refractivity contribution in [2.45, 2.75) is 18.9 Å². The Morgan fingerprint density at radius 3 is 2.93 bits per heavy atom. The van der Waals surface area contributed by atoms with Gasteiger partial charge in [-0.25, -0.2) is 0 Å². The Hall–Kier alpha value is -1.07. The summed E-state index contributed by atoms with van der Waals surface area (Å²) < 4.78 is 6.45. The summed E-state index contributed by atoms with van der Waals surface area (Å²) in [6.45, 7) is 0.650. The highest BCUT2D eigenvalue weighted by Crippen LogP contribution is 2.22. The summed E-state index contributed by atoms with van der Waals surface area (Å²) in [7, 11) is 3.39. The topological polar surface area (TPSA) is 73.3 Å². The summed E-state index contributed by atoms with van der Waals surface area (Å²) >= 11 is 0. The van der Waals surface area contributed by atoms with Crippen LogP contribution in [0.3, 0.4) is 0 Å². The Morgan fingerprint density at radius 1 is 1.71 bits per heavy atom. The molecule has 80 valence electrons. The predicted molar refractivity (Wildman–Crippen MR) is 53.7 cm³/mol. The van der Waals surface area contributed by atoms with Crippen molar-refractivity contribution in [1.29, 1.82) is 0 Å². The number of anilines is 1. The van der Waals surface area contributed by atoms with Gasteiger partial charge in [0.25, 0.3) is 0 Å². The minimum Gasteiger partial charge on any atom is -0.388 e. The molecule has 1 aromatic rings. The number of nitrogens with two attached hydrogens (primary N) is 1. The van der Waals surface area contributed by atoms with Crippen molar-refractivity contribution in [3.05, 3.63) is 11.8 Å². The van der Waals surface area contributed by atoms with Crippen molar-refractivity contribution in [2.24, 2.45) is 7.05 Å². The number of aryl methyl sites for hydroxylation is 1. The molecule has 1 aromatic heterocycles. The standard InChI is InChI=1S/C9H17N3O2/c1-12-9(10)7(6-11-12)8(13)4-3-5-14-2/h6,8,13H,3-5,10H2,1-2H3. The summed E-state index contributed by atoms with van der Waals surface area (Å²) in [6.07, 6.45) is 2.52. The van der Waals surface area contributed by atoms with E-state index in [1.54, 1.807) is 25.0 Å². The average Bonchev–Trinajstić information content (AvgIpc) is 2.48. The highest BCUT2D eigenvalue weighted by atomic mass is 16.5. The lowest BCUT2D eigenvalue weighted by atomic mass is 10.1. The summed E-state index contributed by atoms with van der Waals surface area (Å²) in [4.78, 5) is 0. The summed E-state index contributed by atoms with van der Waals surface area (Å²) in [5.41, 5.74) is 6.41. The van der Waals surface area contributed by atoms with Crippen LogP contribution in [0.1, 0.15) is 24.5 Å². The zero-order valence-electron chi connectivity index (χ0n) is 8.60. The molecule has 0 aliphatic rings. The lowest BCUT2D eigenvalue weighted by Gasteiger charge is -2.09. The van der Waals surface area contributed by atoms with Gasteiger partial charge >= 0.3 is 0 Å². The molecule has 1 rings (SSSR count). The maximum Gasteiger partial charge on any atom is 0.127 e. The Morgan fingerprint density at radius 2 is 2.43 bits per heavy atom. The number of methoxy groups -OCH3 is 1. The molecule has 14 heavy (non-hydrogen) atoms. The van der Waals surface area contributed by atoms with Gasteiger partial charge in [-0.1, -0.05) is 0 Å². The van der Waals surface area contributed by atoms with Crippen LogP contribution in [0.4, 0.5) is 5.82 Å². The number of ether oxygens (including phenoxy) is 1. The maximum absolute atomic E-state index is 9.75. The first-order valence-corrected chi connectivity index (χ1v) is 4.61. The summed E-state index contributed by atoms with van der Waals surface area (Å²) in [6, 6.07) is 0. The zero-order valence-corrected chi connectivity index (χ0v) is 8.60. The second kappa shape index (κ2) is 4.97. The van der Waals surface area contributed by atoms with Gasteiger partial charge in [-0.05, 0) is 12.8 Å². The van der Waals surface area contributed by atoms with Gasteiger partial charge in [0.1, 0.15) is 5.82 Å². The van der Waals surface area contributed by atoms with Gasteiger partial charge in [0, 0.05) is 26.3 Å². The molecule has 0 aliphatic carbocycles. The van der Waals surface area contributed by atoms with Gasteiger partial charge in [-0.15, -0.1) is 0 Å². The number of rotatable bonds is 5. The van der Waals surface area contributed by atoms with Gasteiger partial charge in [-0.2, -0.15) is 5.10 Å². The number of nitrogens with zero attached hydrogens (tertiary/aromatic N) is 2. The van der Waals surface area contributed by atoms with E-state index < -0.39 is 6.10 Å². The van der Waals surface area contributed by atoms with E-state index in [1.807, 2.05) is 0 Å². The molecule has 0 saturated carbocycles. The number of aliphatic hydroxyl groups excluding tert-OH is 1. The predicted octanol–water partition coefficient (Wildman–Crippen LogP) is 0.462. The van der Waals surface area contributed by atoms with Crippen LogP contribution in [-0.4, -0.2) is 28.6 Å². The van der Waals surface area contributed by atoms with Crippen LogP contribution in [-0.2, 0) is 11.8 Å². The van der Waals surface area contributed by atoms with Crippen LogP contribution in [0.15, 0.2) is 6.20 Å². The second-order valence-electron chi connectivity index (χ2n) is 3.26. The summed E-state index contributed by atoms with van der Waals surface area (Å²) in [5.74, 6) is 0.523. The molecule has 5 heteroatoms. The van der Waals surface area contributed by atoms with E-state index in [0.29, 0.717) is 24.4 Å². The highest BCUT2D eigenvalue weighted by Gasteiger charge is 2.13. The minimum absolute atomic E-state index is 0.523. The molecule has 0 saturated heterocycles. The molecule has 0 fully saturated rings. The van der Waals surface area contributed by atoms with Crippen molar-refractivity contribution in [3.8, 4) is 0 Å². The molecule has 0 radical (unpaired) electrons. The van der Waals surface area contributed by atoms with E-state index in [-0.39, 0.29) is 0 Å². The number of hydrogen-bond donors (Lipinski definition) is 2. The lowest BCUT2D eigenvalue weighted by molar-refractivity contribution is 0.136. The molecular formula is C9H17N3O2. The monoisotopic (exact) mass is 199 g/mol. The fourth-order valence-electron chi connectivity index (χ4n) is 1.30. The SMILES string of the molecule is COCCCC(O)c1cnn(C)c1N. The Bertz CT molecular complexity index is 286. The van der Waals surface area contributed by atoms with E-state index in [4.69, 9.17) is 10.5 Å².